The maximum atomic E-state index is 11.2. The molecule has 0 saturated carbocycles. The number of rotatable bonds is 5. The fourth-order valence-corrected chi connectivity index (χ4v) is 1.62. The van der Waals surface area contributed by atoms with Gasteiger partial charge in [-0.15, -0.1) is 5.10 Å². The van der Waals surface area contributed by atoms with Gasteiger partial charge in [-0.2, -0.15) is 0 Å². The number of Topliss-reactive ketones (excluding diaryl/α,β-unsaturated/α-hetero) is 1. The van der Waals surface area contributed by atoms with Crippen molar-refractivity contribution >= 4 is 11.8 Å². The van der Waals surface area contributed by atoms with Crippen LogP contribution >= 0.6 is 0 Å². The first-order chi connectivity index (χ1) is 9.06. The van der Waals surface area contributed by atoms with E-state index in [9.17, 15) is 9.59 Å². The van der Waals surface area contributed by atoms with Gasteiger partial charge in [0.1, 0.15) is 0 Å². The molecule has 0 amide bonds. The Morgan fingerprint density at radius 3 is 2.53 bits per heavy atom. The number of carboxylic acids is 1. The second-order valence-corrected chi connectivity index (χ2v) is 4.15. The SMILES string of the molecule is CC(=O)c1ccc(-n2cc(CCC(=O)O)nn2)cc1. The number of aryl methyl sites for hydroxylation is 1. The predicted molar refractivity (Wildman–Crippen MR) is 67.3 cm³/mol. The Morgan fingerprint density at radius 2 is 1.95 bits per heavy atom. The van der Waals surface area contributed by atoms with Gasteiger partial charge in [-0.05, 0) is 31.2 Å². The Bertz CT molecular complexity index is 602. The zero-order valence-corrected chi connectivity index (χ0v) is 10.4. The van der Waals surface area contributed by atoms with Crippen molar-refractivity contribution in [2.45, 2.75) is 19.8 Å². The summed E-state index contributed by atoms with van der Waals surface area (Å²) in [6, 6.07) is 6.98. The molecule has 0 radical (unpaired) electrons. The number of carboxylic acid groups (broad SMARTS) is 1. The average molecular weight is 259 g/mol. The lowest BCUT2D eigenvalue weighted by Gasteiger charge is -2.00. The molecule has 0 fully saturated rings. The molecule has 1 aromatic heterocycles. The van der Waals surface area contributed by atoms with Gasteiger partial charge < -0.3 is 5.11 Å². The Hall–Kier alpha value is -2.50. The van der Waals surface area contributed by atoms with Crippen LogP contribution in [0.25, 0.3) is 5.69 Å². The lowest BCUT2D eigenvalue weighted by atomic mass is 10.1. The van der Waals surface area contributed by atoms with E-state index in [2.05, 4.69) is 10.3 Å². The molecule has 2 rings (SSSR count). The highest BCUT2D eigenvalue weighted by Crippen LogP contribution is 2.10. The number of hydrogen-bond donors (Lipinski definition) is 1. The lowest BCUT2D eigenvalue weighted by Crippen LogP contribution is -1.97. The van der Waals surface area contributed by atoms with Crippen molar-refractivity contribution in [2.24, 2.45) is 0 Å². The summed E-state index contributed by atoms with van der Waals surface area (Å²) in [5, 5.41) is 16.4. The number of aromatic nitrogens is 3. The van der Waals surface area contributed by atoms with E-state index in [4.69, 9.17) is 5.11 Å². The van der Waals surface area contributed by atoms with E-state index < -0.39 is 5.97 Å². The first-order valence-corrected chi connectivity index (χ1v) is 5.80. The van der Waals surface area contributed by atoms with Crippen molar-refractivity contribution in [3.63, 3.8) is 0 Å². The monoisotopic (exact) mass is 259 g/mol. The molecule has 0 spiro atoms. The third-order valence-electron chi connectivity index (χ3n) is 2.67. The van der Waals surface area contributed by atoms with Crippen molar-refractivity contribution in [3.8, 4) is 5.69 Å². The van der Waals surface area contributed by atoms with E-state index in [0.29, 0.717) is 17.7 Å². The van der Waals surface area contributed by atoms with Crippen molar-refractivity contribution in [2.75, 3.05) is 0 Å². The van der Waals surface area contributed by atoms with Crippen LogP contribution in [-0.4, -0.2) is 31.9 Å². The van der Waals surface area contributed by atoms with E-state index in [1.54, 1.807) is 35.1 Å². The van der Waals surface area contributed by atoms with Crippen LogP contribution in [0, 0.1) is 0 Å². The molecule has 6 heteroatoms. The van der Waals surface area contributed by atoms with Gasteiger partial charge in [-0.1, -0.05) is 5.21 Å². The molecular formula is C13H13N3O3. The molecule has 1 N–H and O–H groups in total. The Balaban J connectivity index is 2.13. The minimum absolute atomic E-state index is 0.00675. The Kier molecular flexibility index (Phi) is 3.70. The number of carbonyl (C=O) groups excluding carboxylic acids is 1. The molecule has 0 aliphatic rings. The summed E-state index contributed by atoms with van der Waals surface area (Å²) in [7, 11) is 0. The third kappa shape index (κ3) is 3.25. The molecule has 0 atom stereocenters. The molecular weight excluding hydrogens is 246 g/mol. The zero-order valence-electron chi connectivity index (χ0n) is 10.4. The van der Waals surface area contributed by atoms with E-state index in [1.807, 2.05) is 0 Å². The van der Waals surface area contributed by atoms with Crippen molar-refractivity contribution < 1.29 is 14.7 Å². The number of nitrogens with zero attached hydrogens (tertiary/aromatic N) is 3. The van der Waals surface area contributed by atoms with Gasteiger partial charge in [0.15, 0.2) is 5.78 Å². The lowest BCUT2D eigenvalue weighted by molar-refractivity contribution is -0.136. The summed E-state index contributed by atoms with van der Waals surface area (Å²) in [6.07, 6.45) is 2.06. The van der Waals surface area contributed by atoms with E-state index in [1.165, 1.54) is 6.92 Å². The van der Waals surface area contributed by atoms with Crippen molar-refractivity contribution in [3.05, 3.63) is 41.7 Å². The molecule has 2 aromatic rings. The Morgan fingerprint density at radius 1 is 1.26 bits per heavy atom. The summed E-state index contributed by atoms with van der Waals surface area (Å²) in [5.74, 6) is -0.854. The molecule has 1 heterocycles. The van der Waals surface area contributed by atoms with Crippen LogP contribution in [-0.2, 0) is 11.2 Å². The first-order valence-electron chi connectivity index (χ1n) is 5.80. The number of benzene rings is 1. The smallest absolute Gasteiger partial charge is 0.303 e. The van der Waals surface area contributed by atoms with Crippen LogP contribution in [0.4, 0.5) is 0 Å². The second-order valence-electron chi connectivity index (χ2n) is 4.15. The maximum absolute atomic E-state index is 11.2. The van der Waals surface area contributed by atoms with E-state index >= 15 is 0 Å². The molecule has 0 unspecified atom stereocenters. The number of hydrogen-bond acceptors (Lipinski definition) is 4. The summed E-state index contributed by atoms with van der Waals surface area (Å²) in [5.41, 5.74) is 2.03. The second kappa shape index (κ2) is 5.43. The van der Waals surface area contributed by atoms with Gasteiger partial charge in [0, 0.05) is 12.0 Å². The van der Waals surface area contributed by atoms with Crippen LogP contribution in [0.3, 0.4) is 0 Å². The summed E-state index contributed by atoms with van der Waals surface area (Å²) in [6.45, 7) is 1.51. The molecule has 0 bridgehead atoms. The van der Waals surface area contributed by atoms with Crippen LogP contribution < -0.4 is 0 Å². The molecule has 19 heavy (non-hydrogen) atoms. The van der Waals surface area contributed by atoms with Gasteiger partial charge in [-0.3, -0.25) is 9.59 Å². The van der Waals surface area contributed by atoms with Gasteiger partial charge in [0.2, 0.25) is 0 Å². The number of ketones is 1. The molecule has 1 aromatic carbocycles. The zero-order chi connectivity index (χ0) is 13.8. The minimum Gasteiger partial charge on any atom is -0.481 e. The predicted octanol–water partition coefficient (Wildman–Crippen LogP) is 1.49. The minimum atomic E-state index is -0.861. The van der Waals surface area contributed by atoms with E-state index in [0.717, 1.165) is 5.69 Å². The van der Waals surface area contributed by atoms with Crippen LogP contribution in [0.5, 0.6) is 0 Å². The van der Waals surface area contributed by atoms with Gasteiger partial charge in [0.25, 0.3) is 0 Å². The van der Waals surface area contributed by atoms with Gasteiger partial charge in [0.05, 0.1) is 24.0 Å². The maximum Gasteiger partial charge on any atom is 0.303 e. The van der Waals surface area contributed by atoms with Crippen LogP contribution in [0.15, 0.2) is 30.5 Å². The molecule has 98 valence electrons. The van der Waals surface area contributed by atoms with Crippen LogP contribution in [0.2, 0.25) is 0 Å². The molecule has 0 saturated heterocycles. The summed E-state index contributed by atoms with van der Waals surface area (Å²) >= 11 is 0. The highest BCUT2D eigenvalue weighted by atomic mass is 16.4. The molecule has 0 aliphatic carbocycles. The third-order valence-corrected chi connectivity index (χ3v) is 2.67. The van der Waals surface area contributed by atoms with E-state index in [-0.39, 0.29) is 12.2 Å². The Labute approximate surface area is 109 Å². The van der Waals surface area contributed by atoms with Gasteiger partial charge >= 0.3 is 5.97 Å². The van der Waals surface area contributed by atoms with Crippen molar-refractivity contribution in [1.82, 2.24) is 15.0 Å². The quantitative estimate of drug-likeness (QED) is 0.822. The fraction of sp³-hybridized carbons (Fsp3) is 0.231. The fourth-order valence-electron chi connectivity index (χ4n) is 1.62. The van der Waals surface area contributed by atoms with Crippen molar-refractivity contribution in [1.29, 1.82) is 0 Å². The topological polar surface area (TPSA) is 85.1 Å². The van der Waals surface area contributed by atoms with Crippen LogP contribution in [0.1, 0.15) is 29.4 Å². The molecule has 0 aliphatic heterocycles. The standard InChI is InChI=1S/C13H13N3O3/c1-9(17)10-2-5-12(6-3-10)16-8-11(14-15-16)4-7-13(18)19/h2-3,5-6,8H,4,7H2,1H3,(H,18,19). The first kappa shape index (κ1) is 12.9. The average Bonchev–Trinajstić information content (AvgIpc) is 2.85. The van der Waals surface area contributed by atoms with Gasteiger partial charge in [-0.25, -0.2) is 4.68 Å². The normalized spacial score (nSPS) is 10.4. The number of carbonyl (C=O) groups is 2. The number of aliphatic carboxylic acids is 1. The summed E-state index contributed by atoms with van der Waals surface area (Å²) in [4.78, 5) is 21.6. The highest BCUT2D eigenvalue weighted by Gasteiger charge is 2.06. The molecule has 6 nitrogen and oxygen atoms in total. The summed E-state index contributed by atoms with van der Waals surface area (Å²) < 4.78 is 1.56. The highest BCUT2D eigenvalue weighted by molar-refractivity contribution is 5.94. The largest absolute Gasteiger partial charge is 0.481 e.